The van der Waals surface area contributed by atoms with E-state index in [1.807, 2.05) is 18.2 Å². The van der Waals surface area contributed by atoms with Crippen molar-refractivity contribution in [3.8, 4) is 0 Å². The Labute approximate surface area is 143 Å². The lowest BCUT2D eigenvalue weighted by Gasteiger charge is -2.01. The lowest BCUT2D eigenvalue weighted by molar-refractivity contribution is -0.140. The zero-order chi connectivity index (χ0) is 17.3. The summed E-state index contributed by atoms with van der Waals surface area (Å²) >= 11 is 1.33. The van der Waals surface area contributed by atoms with Gasteiger partial charge in [0.2, 0.25) is 11.0 Å². The maximum absolute atomic E-state index is 12.3. The van der Waals surface area contributed by atoms with Crippen molar-refractivity contribution in [3.63, 3.8) is 0 Å². The molecule has 1 aromatic heterocycles. The van der Waals surface area contributed by atoms with Gasteiger partial charge in [0.15, 0.2) is 0 Å². The van der Waals surface area contributed by atoms with Crippen LogP contribution in [0.25, 0.3) is 0 Å². The molecule has 6 nitrogen and oxygen atoms in total. The van der Waals surface area contributed by atoms with Gasteiger partial charge in [0.1, 0.15) is 5.01 Å². The minimum absolute atomic E-state index is 0.293. The average molecular weight is 345 g/mol. The van der Waals surface area contributed by atoms with E-state index in [4.69, 9.17) is 5.11 Å². The summed E-state index contributed by atoms with van der Waals surface area (Å²) in [5, 5.41) is 21.2. The molecule has 24 heavy (non-hydrogen) atoms. The maximum Gasteiger partial charge on any atom is 0.307 e. The molecule has 1 fully saturated rings. The lowest BCUT2D eigenvalue weighted by Crippen LogP contribution is -2.17. The molecule has 0 unspecified atom stereocenters. The highest BCUT2D eigenvalue weighted by Gasteiger charge is 2.66. The molecule has 1 aliphatic rings. The molecule has 0 aliphatic heterocycles. The highest BCUT2D eigenvalue weighted by atomic mass is 32.1. The lowest BCUT2D eigenvalue weighted by atomic mass is 10.1. The fraction of sp³-hybridized carbons (Fsp3) is 0.412. The Hall–Kier alpha value is -2.28. The minimum atomic E-state index is -0.930. The molecule has 0 radical (unpaired) electrons. The first-order valence-corrected chi connectivity index (χ1v) is 8.61. The molecule has 2 aromatic rings. The largest absolute Gasteiger partial charge is 0.481 e. The Balaban J connectivity index is 1.57. The second-order valence-electron chi connectivity index (χ2n) is 6.59. The van der Waals surface area contributed by atoms with Gasteiger partial charge in [0, 0.05) is 6.42 Å². The average Bonchev–Trinajstić information content (AvgIpc) is 2.89. The number of aromatic nitrogens is 2. The van der Waals surface area contributed by atoms with E-state index in [-0.39, 0.29) is 5.91 Å². The molecule has 0 bridgehead atoms. The van der Waals surface area contributed by atoms with Crippen molar-refractivity contribution >= 4 is 28.3 Å². The molecule has 1 aromatic carbocycles. The number of carboxylic acids is 1. The van der Waals surface area contributed by atoms with Gasteiger partial charge in [-0.1, -0.05) is 55.5 Å². The fourth-order valence-corrected chi connectivity index (χ4v) is 3.81. The SMILES string of the molecule is CC1(C)[C@H](C(=O)O)[C@H]1C(=O)Nc1nnc(CCc2ccccc2)s1. The smallest absolute Gasteiger partial charge is 0.307 e. The molecule has 126 valence electrons. The van der Waals surface area contributed by atoms with E-state index in [0.717, 1.165) is 17.8 Å². The minimum Gasteiger partial charge on any atom is -0.481 e. The summed E-state index contributed by atoms with van der Waals surface area (Å²) in [6, 6.07) is 10.1. The topological polar surface area (TPSA) is 92.2 Å². The molecule has 0 saturated heterocycles. The summed E-state index contributed by atoms with van der Waals surface area (Å²) < 4.78 is 0. The van der Waals surface area contributed by atoms with Crippen LogP contribution in [0.5, 0.6) is 0 Å². The van der Waals surface area contributed by atoms with E-state index in [2.05, 4.69) is 27.6 Å². The van der Waals surface area contributed by atoms with Gasteiger partial charge in [0.05, 0.1) is 11.8 Å². The molecule has 3 rings (SSSR count). The molecule has 2 atom stereocenters. The van der Waals surface area contributed by atoms with Gasteiger partial charge in [0.25, 0.3) is 0 Å². The van der Waals surface area contributed by atoms with E-state index < -0.39 is 23.2 Å². The van der Waals surface area contributed by atoms with E-state index in [1.165, 1.54) is 16.9 Å². The number of anilines is 1. The van der Waals surface area contributed by atoms with E-state index >= 15 is 0 Å². The summed E-state index contributed by atoms with van der Waals surface area (Å²) in [4.78, 5) is 23.4. The van der Waals surface area contributed by atoms with Crippen LogP contribution in [-0.4, -0.2) is 27.2 Å². The zero-order valence-corrected chi connectivity index (χ0v) is 14.3. The van der Waals surface area contributed by atoms with Crippen LogP contribution in [0.2, 0.25) is 0 Å². The Morgan fingerprint density at radius 2 is 1.88 bits per heavy atom. The molecular formula is C17H19N3O3S. The Kier molecular flexibility index (Phi) is 4.36. The standard InChI is InChI=1S/C17H19N3O3S/c1-17(2)12(13(17)15(22)23)14(21)18-16-20-19-11(24-16)9-8-10-6-4-3-5-7-10/h3-7,12-13H,8-9H2,1-2H3,(H,22,23)(H,18,20,21)/t12-,13-/m0/s1. The van der Waals surface area contributed by atoms with Gasteiger partial charge in [-0.25, -0.2) is 0 Å². The van der Waals surface area contributed by atoms with Crippen LogP contribution >= 0.6 is 11.3 Å². The molecule has 1 aliphatic carbocycles. The van der Waals surface area contributed by atoms with Crippen molar-refractivity contribution in [2.24, 2.45) is 17.3 Å². The van der Waals surface area contributed by atoms with Crippen LogP contribution in [0.1, 0.15) is 24.4 Å². The molecule has 1 amide bonds. The van der Waals surface area contributed by atoms with Crippen molar-refractivity contribution in [1.82, 2.24) is 10.2 Å². The predicted octanol–water partition coefficient (Wildman–Crippen LogP) is 2.62. The third-order valence-corrected chi connectivity index (χ3v) is 5.44. The number of nitrogens with zero attached hydrogens (tertiary/aromatic N) is 2. The van der Waals surface area contributed by atoms with Crippen molar-refractivity contribution in [1.29, 1.82) is 0 Å². The Morgan fingerprint density at radius 3 is 2.50 bits per heavy atom. The molecular weight excluding hydrogens is 326 g/mol. The van der Waals surface area contributed by atoms with Crippen molar-refractivity contribution in [2.45, 2.75) is 26.7 Å². The zero-order valence-electron chi connectivity index (χ0n) is 13.5. The van der Waals surface area contributed by atoms with Crippen LogP contribution in [0.3, 0.4) is 0 Å². The van der Waals surface area contributed by atoms with Gasteiger partial charge in [-0.05, 0) is 17.4 Å². The number of carboxylic acid groups (broad SMARTS) is 1. The van der Waals surface area contributed by atoms with Gasteiger partial charge >= 0.3 is 5.97 Å². The Bertz CT molecular complexity index is 757. The highest BCUT2D eigenvalue weighted by molar-refractivity contribution is 7.15. The van der Waals surface area contributed by atoms with Crippen molar-refractivity contribution in [2.75, 3.05) is 5.32 Å². The second-order valence-corrected chi connectivity index (χ2v) is 7.65. The molecule has 1 saturated carbocycles. The van der Waals surface area contributed by atoms with Gasteiger partial charge in [-0.2, -0.15) is 0 Å². The van der Waals surface area contributed by atoms with Crippen LogP contribution in [0.15, 0.2) is 30.3 Å². The summed E-state index contributed by atoms with van der Waals surface area (Å²) in [5.41, 5.74) is 0.707. The van der Waals surface area contributed by atoms with Gasteiger partial charge in [-0.15, -0.1) is 10.2 Å². The first-order chi connectivity index (χ1) is 11.4. The van der Waals surface area contributed by atoms with E-state index in [9.17, 15) is 9.59 Å². The maximum atomic E-state index is 12.3. The number of aliphatic carboxylic acids is 1. The number of amides is 1. The van der Waals surface area contributed by atoms with Crippen LogP contribution in [0.4, 0.5) is 5.13 Å². The summed E-state index contributed by atoms with van der Waals surface area (Å²) in [5.74, 6) is -2.38. The molecule has 2 N–H and O–H groups in total. The second kappa shape index (κ2) is 6.32. The number of hydrogen-bond donors (Lipinski definition) is 2. The third kappa shape index (κ3) is 3.31. The first kappa shape index (κ1) is 16.6. The number of benzene rings is 1. The van der Waals surface area contributed by atoms with Gasteiger partial charge < -0.3 is 10.4 Å². The number of aryl methyl sites for hydroxylation is 2. The van der Waals surface area contributed by atoms with Crippen LogP contribution in [-0.2, 0) is 22.4 Å². The molecule has 1 heterocycles. The van der Waals surface area contributed by atoms with E-state index in [1.54, 1.807) is 13.8 Å². The van der Waals surface area contributed by atoms with Crippen molar-refractivity contribution in [3.05, 3.63) is 40.9 Å². The van der Waals surface area contributed by atoms with Crippen LogP contribution < -0.4 is 5.32 Å². The van der Waals surface area contributed by atoms with E-state index in [0.29, 0.717) is 5.13 Å². The highest BCUT2D eigenvalue weighted by Crippen LogP contribution is 2.58. The summed E-state index contributed by atoms with van der Waals surface area (Å²) in [6.07, 6.45) is 1.62. The summed E-state index contributed by atoms with van der Waals surface area (Å²) in [7, 11) is 0. The first-order valence-electron chi connectivity index (χ1n) is 7.79. The predicted molar refractivity (Wildman–Crippen MR) is 90.8 cm³/mol. The van der Waals surface area contributed by atoms with Crippen molar-refractivity contribution < 1.29 is 14.7 Å². The quantitative estimate of drug-likeness (QED) is 0.839. The number of nitrogens with one attached hydrogen (secondary N) is 1. The molecule has 7 heteroatoms. The van der Waals surface area contributed by atoms with Crippen LogP contribution in [0, 0.1) is 17.3 Å². The summed E-state index contributed by atoms with van der Waals surface area (Å²) in [6.45, 7) is 3.59. The normalized spacial score (nSPS) is 21.2. The monoisotopic (exact) mass is 345 g/mol. The Morgan fingerprint density at radius 1 is 1.17 bits per heavy atom. The molecule has 0 spiro atoms. The fourth-order valence-electron chi connectivity index (χ4n) is 3.07. The number of hydrogen-bond acceptors (Lipinski definition) is 5. The van der Waals surface area contributed by atoms with Gasteiger partial charge in [-0.3, -0.25) is 9.59 Å². The third-order valence-electron chi connectivity index (χ3n) is 4.54. The number of rotatable bonds is 6. The number of carbonyl (C=O) groups is 2. The number of carbonyl (C=O) groups excluding carboxylic acids is 1.